The van der Waals surface area contributed by atoms with E-state index in [1.54, 1.807) is 24.5 Å². The SMILES string of the molecule is Cc1ncccc1C(=O)N1CCC(c2nc(N(C)C)ncc2C(=O)NC(C)C)C1. The lowest BCUT2D eigenvalue weighted by molar-refractivity contribution is 0.0789. The van der Waals surface area contributed by atoms with Gasteiger partial charge >= 0.3 is 0 Å². The van der Waals surface area contributed by atoms with Gasteiger partial charge in [0.1, 0.15) is 0 Å². The van der Waals surface area contributed by atoms with Gasteiger partial charge in [-0.25, -0.2) is 9.97 Å². The highest BCUT2D eigenvalue weighted by Crippen LogP contribution is 2.30. The van der Waals surface area contributed by atoms with Crippen LogP contribution in [-0.2, 0) is 0 Å². The molecule has 1 atom stereocenters. The van der Waals surface area contributed by atoms with E-state index in [1.165, 1.54) is 0 Å². The van der Waals surface area contributed by atoms with Crippen LogP contribution in [0.2, 0.25) is 0 Å². The van der Waals surface area contributed by atoms with Crippen LogP contribution >= 0.6 is 0 Å². The first-order chi connectivity index (χ1) is 13.8. The number of aromatic nitrogens is 3. The maximum Gasteiger partial charge on any atom is 0.255 e. The van der Waals surface area contributed by atoms with Gasteiger partial charge in [-0.3, -0.25) is 14.6 Å². The number of carbonyl (C=O) groups is 2. The summed E-state index contributed by atoms with van der Waals surface area (Å²) in [6.45, 7) is 6.80. The molecule has 1 N–H and O–H groups in total. The summed E-state index contributed by atoms with van der Waals surface area (Å²) in [5, 5.41) is 2.92. The van der Waals surface area contributed by atoms with Crippen LogP contribution in [0.25, 0.3) is 0 Å². The van der Waals surface area contributed by atoms with E-state index in [0.717, 1.165) is 12.1 Å². The minimum absolute atomic E-state index is 0.0130. The predicted molar refractivity (Wildman–Crippen MR) is 111 cm³/mol. The molecule has 2 aromatic rings. The lowest BCUT2D eigenvalue weighted by atomic mass is 9.99. The second kappa shape index (κ2) is 8.55. The number of nitrogens with one attached hydrogen (secondary N) is 1. The topological polar surface area (TPSA) is 91.3 Å². The summed E-state index contributed by atoms with van der Waals surface area (Å²) in [7, 11) is 3.73. The average Bonchev–Trinajstić information content (AvgIpc) is 3.17. The van der Waals surface area contributed by atoms with Crippen molar-refractivity contribution in [1.29, 1.82) is 0 Å². The number of likely N-dealkylation sites (tertiary alicyclic amines) is 1. The number of amides is 2. The molecule has 1 aliphatic heterocycles. The summed E-state index contributed by atoms with van der Waals surface area (Å²) in [6, 6.07) is 3.59. The first kappa shape index (κ1) is 20.7. The fourth-order valence-electron chi connectivity index (χ4n) is 3.48. The number of pyridine rings is 1. The van der Waals surface area contributed by atoms with Crippen LogP contribution in [0.5, 0.6) is 0 Å². The molecule has 3 rings (SSSR count). The van der Waals surface area contributed by atoms with Crippen molar-refractivity contribution in [3.05, 3.63) is 47.0 Å². The molecular formula is C21H28N6O2. The fraction of sp³-hybridized carbons (Fsp3) is 0.476. The number of nitrogens with zero attached hydrogens (tertiary/aromatic N) is 5. The third-order valence-corrected chi connectivity index (χ3v) is 4.97. The monoisotopic (exact) mass is 396 g/mol. The van der Waals surface area contributed by atoms with Gasteiger partial charge in [-0.2, -0.15) is 0 Å². The molecule has 8 heteroatoms. The molecule has 0 saturated carbocycles. The number of anilines is 1. The van der Waals surface area contributed by atoms with E-state index in [4.69, 9.17) is 0 Å². The van der Waals surface area contributed by atoms with E-state index in [-0.39, 0.29) is 23.8 Å². The van der Waals surface area contributed by atoms with Crippen molar-refractivity contribution in [2.75, 3.05) is 32.1 Å². The van der Waals surface area contributed by atoms with Gasteiger partial charge in [-0.1, -0.05) is 0 Å². The molecule has 0 bridgehead atoms. The van der Waals surface area contributed by atoms with Crippen molar-refractivity contribution < 1.29 is 9.59 Å². The first-order valence-electron chi connectivity index (χ1n) is 9.84. The van der Waals surface area contributed by atoms with E-state index in [0.29, 0.717) is 35.9 Å². The smallest absolute Gasteiger partial charge is 0.255 e. The van der Waals surface area contributed by atoms with Gasteiger partial charge in [0.05, 0.1) is 16.8 Å². The van der Waals surface area contributed by atoms with Gasteiger partial charge in [0.2, 0.25) is 5.95 Å². The third kappa shape index (κ3) is 4.52. The Kier molecular flexibility index (Phi) is 6.10. The summed E-state index contributed by atoms with van der Waals surface area (Å²) in [6.07, 6.45) is 4.02. The molecule has 2 amide bonds. The molecule has 0 radical (unpaired) electrons. The highest BCUT2D eigenvalue weighted by molar-refractivity contribution is 5.96. The second-order valence-electron chi connectivity index (χ2n) is 7.86. The molecule has 29 heavy (non-hydrogen) atoms. The molecule has 0 aliphatic carbocycles. The minimum Gasteiger partial charge on any atom is -0.350 e. The van der Waals surface area contributed by atoms with Crippen LogP contribution in [0.3, 0.4) is 0 Å². The van der Waals surface area contributed by atoms with Crippen molar-refractivity contribution >= 4 is 17.8 Å². The molecule has 1 saturated heterocycles. The Bertz CT molecular complexity index is 912. The summed E-state index contributed by atoms with van der Waals surface area (Å²) >= 11 is 0. The fourth-order valence-corrected chi connectivity index (χ4v) is 3.48. The average molecular weight is 396 g/mol. The Hall–Kier alpha value is -3.03. The standard InChI is InChI=1S/C21H28N6O2/c1-13(2)24-19(28)17-11-23-21(26(4)5)25-18(17)15-8-10-27(12-15)20(29)16-7-6-9-22-14(16)3/h6-7,9,11,13,15H,8,10,12H2,1-5H3,(H,24,28). The second-order valence-corrected chi connectivity index (χ2v) is 7.86. The van der Waals surface area contributed by atoms with Crippen LogP contribution in [0, 0.1) is 6.92 Å². The van der Waals surface area contributed by atoms with Crippen molar-refractivity contribution in [3.63, 3.8) is 0 Å². The summed E-state index contributed by atoms with van der Waals surface area (Å²) in [5.41, 5.74) is 2.50. The van der Waals surface area contributed by atoms with Crippen molar-refractivity contribution in [2.45, 2.75) is 39.2 Å². The molecule has 1 aliphatic rings. The van der Waals surface area contributed by atoms with Gasteiger partial charge < -0.3 is 15.1 Å². The van der Waals surface area contributed by atoms with Crippen molar-refractivity contribution in [1.82, 2.24) is 25.2 Å². The van der Waals surface area contributed by atoms with Crippen LogP contribution in [0.1, 0.15) is 58.3 Å². The Morgan fingerprint density at radius 3 is 2.66 bits per heavy atom. The number of hydrogen-bond acceptors (Lipinski definition) is 6. The van der Waals surface area contributed by atoms with Gasteiger partial charge in [-0.05, 0) is 39.3 Å². The Morgan fingerprint density at radius 2 is 2.00 bits per heavy atom. The normalized spacial score (nSPS) is 16.2. The molecule has 2 aromatic heterocycles. The molecule has 0 spiro atoms. The van der Waals surface area contributed by atoms with Crippen LogP contribution in [-0.4, -0.2) is 64.9 Å². The Labute approximate surface area is 171 Å². The number of rotatable bonds is 5. The van der Waals surface area contributed by atoms with E-state index in [2.05, 4.69) is 20.3 Å². The highest BCUT2D eigenvalue weighted by atomic mass is 16.2. The predicted octanol–water partition coefficient (Wildman–Crippen LogP) is 2.01. The van der Waals surface area contributed by atoms with Gasteiger partial charge in [0.25, 0.3) is 11.8 Å². The Balaban J connectivity index is 1.88. The van der Waals surface area contributed by atoms with Gasteiger partial charge in [-0.15, -0.1) is 0 Å². The largest absolute Gasteiger partial charge is 0.350 e. The maximum absolute atomic E-state index is 12.9. The quantitative estimate of drug-likeness (QED) is 0.831. The van der Waals surface area contributed by atoms with E-state index in [9.17, 15) is 9.59 Å². The molecule has 1 fully saturated rings. The maximum atomic E-state index is 12.9. The van der Waals surface area contributed by atoms with E-state index >= 15 is 0 Å². The molecular weight excluding hydrogens is 368 g/mol. The number of carbonyl (C=O) groups excluding carboxylic acids is 2. The summed E-state index contributed by atoms with van der Waals surface area (Å²) in [4.78, 5) is 42.5. The lowest BCUT2D eigenvalue weighted by Crippen LogP contribution is -2.32. The molecule has 3 heterocycles. The third-order valence-electron chi connectivity index (χ3n) is 4.97. The molecule has 8 nitrogen and oxygen atoms in total. The molecule has 154 valence electrons. The van der Waals surface area contributed by atoms with Crippen molar-refractivity contribution in [3.8, 4) is 0 Å². The summed E-state index contributed by atoms with van der Waals surface area (Å²) in [5.74, 6) is 0.306. The van der Waals surface area contributed by atoms with E-state index in [1.807, 2.05) is 44.7 Å². The number of hydrogen-bond donors (Lipinski definition) is 1. The zero-order valence-electron chi connectivity index (χ0n) is 17.6. The van der Waals surface area contributed by atoms with Crippen LogP contribution in [0.4, 0.5) is 5.95 Å². The van der Waals surface area contributed by atoms with Gasteiger partial charge in [0, 0.05) is 57.2 Å². The molecule has 0 aromatic carbocycles. The van der Waals surface area contributed by atoms with Gasteiger partial charge in [0.15, 0.2) is 0 Å². The lowest BCUT2D eigenvalue weighted by Gasteiger charge is -2.20. The highest BCUT2D eigenvalue weighted by Gasteiger charge is 2.32. The van der Waals surface area contributed by atoms with E-state index < -0.39 is 0 Å². The number of aryl methyl sites for hydroxylation is 1. The zero-order chi connectivity index (χ0) is 21.1. The summed E-state index contributed by atoms with van der Waals surface area (Å²) < 4.78 is 0. The van der Waals surface area contributed by atoms with Crippen LogP contribution in [0.15, 0.2) is 24.5 Å². The van der Waals surface area contributed by atoms with Crippen molar-refractivity contribution in [2.24, 2.45) is 0 Å². The molecule has 1 unspecified atom stereocenters. The zero-order valence-corrected chi connectivity index (χ0v) is 17.6. The Morgan fingerprint density at radius 1 is 1.24 bits per heavy atom. The first-order valence-corrected chi connectivity index (χ1v) is 9.84. The minimum atomic E-state index is -0.187. The van der Waals surface area contributed by atoms with Crippen LogP contribution < -0.4 is 10.2 Å².